The molecule has 0 fully saturated rings. The maximum Gasteiger partial charge on any atom is 0.142 e. The summed E-state index contributed by atoms with van der Waals surface area (Å²) in [7, 11) is 0. The maximum atomic E-state index is 13.5. The highest BCUT2D eigenvalue weighted by Crippen LogP contribution is 2.28. The lowest BCUT2D eigenvalue weighted by Gasteiger charge is -2.16. The summed E-state index contributed by atoms with van der Waals surface area (Å²) < 4.78 is 13.5. The molecular weight excluding hydrogens is 285 g/mol. The van der Waals surface area contributed by atoms with Crippen LogP contribution in [0.5, 0.6) is 0 Å². The second-order valence-corrected chi connectivity index (χ2v) is 5.47. The normalized spacial score (nSPS) is 12.5. The number of hydrogen-bond acceptors (Lipinski definition) is 1. The van der Waals surface area contributed by atoms with Crippen molar-refractivity contribution in [2.45, 2.75) is 12.5 Å². The Kier molecular flexibility index (Phi) is 3.91. The van der Waals surface area contributed by atoms with Crippen LogP contribution in [0.2, 0.25) is 5.02 Å². The van der Waals surface area contributed by atoms with Gasteiger partial charge in [0.15, 0.2) is 0 Å². The summed E-state index contributed by atoms with van der Waals surface area (Å²) in [6.45, 7) is 0. The van der Waals surface area contributed by atoms with Crippen molar-refractivity contribution in [1.29, 1.82) is 0 Å². The van der Waals surface area contributed by atoms with Gasteiger partial charge in [-0.2, -0.15) is 0 Å². The molecule has 0 saturated heterocycles. The van der Waals surface area contributed by atoms with E-state index in [9.17, 15) is 4.39 Å². The van der Waals surface area contributed by atoms with E-state index in [0.29, 0.717) is 6.42 Å². The number of rotatable bonds is 3. The Hall–Kier alpha value is -1.90. The van der Waals surface area contributed by atoms with E-state index in [4.69, 9.17) is 17.3 Å². The molecule has 1 atom stereocenters. The highest BCUT2D eigenvalue weighted by molar-refractivity contribution is 6.31. The van der Waals surface area contributed by atoms with Gasteiger partial charge in [-0.3, -0.25) is 0 Å². The number of fused-ring (bicyclic) bond motifs is 1. The fourth-order valence-corrected chi connectivity index (χ4v) is 2.83. The van der Waals surface area contributed by atoms with E-state index in [1.807, 2.05) is 30.3 Å². The topological polar surface area (TPSA) is 26.0 Å². The summed E-state index contributed by atoms with van der Waals surface area (Å²) in [6, 6.07) is 18.8. The fraction of sp³-hybridized carbons (Fsp3) is 0.111. The van der Waals surface area contributed by atoms with Gasteiger partial charge in [-0.05, 0) is 34.4 Å². The number of benzene rings is 3. The lowest BCUT2D eigenvalue weighted by Crippen LogP contribution is -2.14. The zero-order valence-corrected chi connectivity index (χ0v) is 12.1. The van der Waals surface area contributed by atoms with E-state index in [0.717, 1.165) is 21.9 Å². The highest BCUT2D eigenvalue weighted by Gasteiger charge is 2.13. The van der Waals surface area contributed by atoms with Gasteiger partial charge in [0.1, 0.15) is 5.82 Å². The number of hydrogen-bond donors (Lipinski definition) is 1. The second-order valence-electron chi connectivity index (χ2n) is 5.09. The van der Waals surface area contributed by atoms with Gasteiger partial charge in [0.2, 0.25) is 0 Å². The Morgan fingerprint density at radius 2 is 1.67 bits per heavy atom. The van der Waals surface area contributed by atoms with Crippen LogP contribution in [0.3, 0.4) is 0 Å². The number of halogens is 2. The van der Waals surface area contributed by atoms with Crippen molar-refractivity contribution in [2.24, 2.45) is 5.73 Å². The van der Waals surface area contributed by atoms with Crippen LogP contribution in [0.1, 0.15) is 17.2 Å². The van der Waals surface area contributed by atoms with Gasteiger partial charge < -0.3 is 5.73 Å². The van der Waals surface area contributed by atoms with Crippen LogP contribution in [0.4, 0.5) is 4.39 Å². The molecule has 21 heavy (non-hydrogen) atoms. The van der Waals surface area contributed by atoms with Gasteiger partial charge in [0.05, 0.1) is 5.02 Å². The molecule has 3 aromatic carbocycles. The van der Waals surface area contributed by atoms with Crippen molar-refractivity contribution >= 4 is 22.4 Å². The zero-order valence-electron chi connectivity index (χ0n) is 11.4. The molecule has 3 rings (SSSR count). The smallest absolute Gasteiger partial charge is 0.142 e. The van der Waals surface area contributed by atoms with Gasteiger partial charge in [-0.25, -0.2) is 4.39 Å². The highest BCUT2D eigenvalue weighted by atomic mass is 35.5. The summed E-state index contributed by atoms with van der Waals surface area (Å²) in [5.41, 5.74) is 8.11. The maximum absolute atomic E-state index is 13.5. The van der Waals surface area contributed by atoms with Crippen molar-refractivity contribution in [1.82, 2.24) is 0 Å². The van der Waals surface area contributed by atoms with Crippen LogP contribution in [0.25, 0.3) is 10.8 Å². The Bertz CT molecular complexity index is 780. The molecule has 0 aromatic heterocycles. The van der Waals surface area contributed by atoms with Crippen LogP contribution in [0, 0.1) is 5.82 Å². The van der Waals surface area contributed by atoms with Crippen molar-refractivity contribution in [3.63, 3.8) is 0 Å². The Labute approximate surface area is 128 Å². The van der Waals surface area contributed by atoms with E-state index < -0.39 is 5.82 Å². The zero-order chi connectivity index (χ0) is 14.8. The summed E-state index contributed by atoms with van der Waals surface area (Å²) in [6.07, 6.45) is 0.505. The first-order chi connectivity index (χ1) is 10.2. The van der Waals surface area contributed by atoms with Crippen molar-refractivity contribution in [3.8, 4) is 0 Å². The minimum Gasteiger partial charge on any atom is -0.324 e. The van der Waals surface area contributed by atoms with Crippen LogP contribution in [0.15, 0.2) is 60.7 Å². The molecule has 0 bridgehead atoms. The third-order valence-electron chi connectivity index (χ3n) is 3.69. The van der Waals surface area contributed by atoms with Gasteiger partial charge >= 0.3 is 0 Å². The van der Waals surface area contributed by atoms with E-state index >= 15 is 0 Å². The molecule has 3 heteroatoms. The molecule has 0 amide bonds. The molecule has 0 heterocycles. The Morgan fingerprint density at radius 3 is 2.52 bits per heavy atom. The molecule has 0 spiro atoms. The van der Waals surface area contributed by atoms with E-state index in [1.54, 1.807) is 6.07 Å². The lowest BCUT2D eigenvalue weighted by molar-refractivity contribution is 0.622. The van der Waals surface area contributed by atoms with Gasteiger partial charge in [-0.1, -0.05) is 66.2 Å². The van der Waals surface area contributed by atoms with E-state index in [1.165, 1.54) is 6.07 Å². The first-order valence-electron chi connectivity index (χ1n) is 6.83. The van der Waals surface area contributed by atoms with Gasteiger partial charge in [0, 0.05) is 6.04 Å². The molecular formula is C18H15ClFN. The molecule has 3 aromatic rings. The fourth-order valence-electron chi connectivity index (χ4n) is 2.63. The van der Waals surface area contributed by atoms with Crippen LogP contribution in [-0.2, 0) is 6.42 Å². The predicted molar refractivity (Wildman–Crippen MR) is 86.0 cm³/mol. The largest absolute Gasteiger partial charge is 0.324 e. The predicted octanol–water partition coefficient (Wildman–Crippen LogP) is 4.87. The molecule has 0 aliphatic rings. The summed E-state index contributed by atoms with van der Waals surface area (Å²) in [4.78, 5) is 0. The SMILES string of the molecule is NC(Cc1cccc(F)c1Cl)c1cccc2ccccc12. The lowest BCUT2D eigenvalue weighted by atomic mass is 9.95. The molecule has 0 saturated carbocycles. The van der Waals surface area contributed by atoms with Crippen molar-refractivity contribution < 1.29 is 4.39 Å². The third-order valence-corrected chi connectivity index (χ3v) is 4.12. The van der Waals surface area contributed by atoms with E-state index in [2.05, 4.69) is 18.2 Å². The van der Waals surface area contributed by atoms with Crippen LogP contribution in [-0.4, -0.2) is 0 Å². The van der Waals surface area contributed by atoms with Crippen molar-refractivity contribution in [3.05, 3.63) is 82.6 Å². The van der Waals surface area contributed by atoms with Crippen LogP contribution >= 0.6 is 11.6 Å². The molecule has 0 aliphatic heterocycles. The minimum atomic E-state index is -0.403. The first kappa shape index (κ1) is 14.1. The van der Waals surface area contributed by atoms with Crippen LogP contribution < -0.4 is 5.73 Å². The van der Waals surface area contributed by atoms with Gasteiger partial charge in [0.25, 0.3) is 0 Å². The second kappa shape index (κ2) is 5.84. The molecule has 106 valence electrons. The quantitative estimate of drug-likeness (QED) is 0.733. The summed E-state index contributed by atoms with van der Waals surface area (Å²) >= 11 is 6.01. The molecule has 1 unspecified atom stereocenters. The molecule has 0 radical (unpaired) electrons. The summed E-state index contributed by atoms with van der Waals surface area (Å²) in [5.74, 6) is -0.403. The average Bonchev–Trinajstić information content (AvgIpc) is 2.51. The van der Waals surface area contributed by atoms with E-state index in [-0.39, 0.29) is 11.1 Å². The standard InChI is InChI=1S/C18H15ClFN/c19-18-13(7-4-10-16(18)20)11-17(21)15-9-3-6-12-5-1-2-8-14(12)15/h1-10,17H,11,21H2. The third kappa shape index (κ3) is 2.78. The Balaban J connectivity index is 1.97. The molecule has 1 nitrogen and oxygen atoms in total. The first-order valence-corrected chi connectivity index (χ1v) is 7.21. The Morgan fingerprint density at radius 1 is 0.952 bits per heavy atom. The average molecular weight is 300 g/mol. The molecule has 2 N–H and O–H groups in total. The molecule has 0 aliphatic carbocycles. The monoisotopic (exact) mass is 299 g/mol. The minimum absolute atomic E-state index is 0.160. The van der Waals surface area contributed by atoms with Gasteiger partial charge in [-0.15, -0.1) is 0 Å². The van der Waals surface area contributed by atoms with Crippen molar-refractivity contribution in [2.75, 3.05) is 0 Å². The number of nitrogens with two attached hydrogens (primary N) is 1. The summed E-state index contributed by atoms with van der Waals surface area (Å²) in [5, 5.41) is 2.43.